The van der Waals surface area contributed by atoms with Crippen LogP contribution >= 0.6 is 0 Å². The van der Waals surface area contributed by atoms with E-state index >= 15 is 0 Å². The predicted octanol–water partition coefficient (Wildman–Crippen LogP) is 4.11. The summed E-state index contributed by atoms with van der Waals surface area (Å²) < 4.78 is 41.3. The summed E-state index contributed by atoms with van der Waals surface area (Å²) in [4.78, 5) is 0. The Hall–Kier alpha value is -1.19. The Labute approximate surface area is 93.2 Å². The summed E-state index contributed by atoms with van der Waals surface area (Å²) >= 11 is 0. The first-order valence-corrected chi connectivity index (χ1v) is 5.11. The number of alkyl halides is 2. The number of hydrogen-bond donors (Lipinski definition) is 0. The van der Waals surface area contributed by atoms with Crippen molar-refractivity contribution in [1.29, 1.82) is 0 Å². The van der Waals surface area contributed by atoms with E-state index in [0.717, 1.165) is 18.1 Å². The van der Waals surface area contributed by atoms with Crippen molar-refractivity contribution in [2.45, 2.75) is 39.2 Å². The lowest BCUT2D eigenvalue weighted by molar-refractivity contribution is -0.0522. The van der Waals surface area contributed by atoms with Crippen molar-refractivity contribution >= 4 is 0 Å². The summed E-state index contributed by atoms with van der Waals surface area (Å²) in [5, 5.41) is 0. The second-order valence-corrected chi connectivity index (χ2v) is 4.26. The highest BCUT2D eigenvalue weighted by atomic mass is 19.3. The zero-order valence-corrected chi connectivity index (χ0v) is 9.56. The van der Waals surface area contributed by atoms with E-state index in [9.17, 15) is 13.2 Å². The Morgan fingerprint density at radius 1 is 1.31 bits per heavy atom. The van der Waals surface area contributed by atoms with Crippen molar-refractivity contribution in [3.63, 3.8) is 0 Å². The summed E-state index contributed by atoms with van der Waals surface area (Å²) in [5.41, 5.74) is 0.598. The first-order valence-electron chi connectivity index (χ1n) is 5.11. The fraction of sp³-hybridized carbons (Fsp3) is 0.500. The largest absolute Gasteiger partial charge is 0.432 e. The van der Waals surface area contributed by atoms with E-state index in [2.05, 4.69) is 4.74 Å². The molecule has 0 saturated carbocycles. The lowest BCUT2D eigenvalue weighted by Crippen LogP contribution is -2.16. The van der Waals surface area contributed by atoms with Gasteiger partial charge in [-0.25, -0.2) is 4.39 Å². The number of rotatable bonds is 4. The highest BCUT2D eigenvalue weighted by Gasteiger charge is 2.20. The Morgan fingerprint density at radius 2 is 1.94 bits per heavy atom. The molecule has 0 aliphatic carbocycles. The van der Waals surface area contributed by atoms with Crippen molar-refractivity contribution in [1.82, 2.24) is 0 Å². The molecule has 0 aliphatic heterocycles. The molecule has 0 aromatic heterocycles. The second-order valence-electron chi connectivity index (χ2n) is 4.26. The number of ether oxygens (including phenoxy) is 1. The van der Waals surface area contributed by atoms with Crippen molar-refractivity contribution in [2.24, 2.45) is 0 Å². The van der Waals surface area contributed by atoms with Gasteiger partial charge in [0, 0.05) is 0 Å². The molecule has 0 saturated heterocycles. The third-order valence-electron chi connectivity index (χ3n) is 2.81. The fourth-order valence-corrected chi connectivity index (χ4v) is 1.31. The van der Waals surface area contributed by atoms with E-state index in [-0.39, 0.29) is 5.41 Å². The number of hydrogen-bond acceptors (Lipinski definition) is 1. The van der Waals surface area contributed by atoms with Gasteiger partial charge in [0.25, 0.3) is 0 Å². The summed E-state index contributed by atoms with van der Waals surface area (Å²) in [6, 6.07) is 4.09. The molecule has 1 aromatic carbocycles. The first-order chi connectivity index (χ1) is 7.36. The van der Waals surface area contributed by atoms with Gasteiger partial charge in [-0.3, -0.25) is 0 Å². The van der Waals surface area contributed by atoms with Gasteiger partial charge in [0.05, 0.1) is 0 Å². The highest BCUT2D eigenvalue weighted by Crippen LogP contribution is 2.31. The van der Waals surface area contributed by atoms with Crippen LogP contribution in [0.1, 0.15) is 32.8 Å². The van der Waals surface area contributed by atoms with E-state index < -0.39 is 18.2 Å². The summed E-state index contributed by atoms with van der Waals surface area (Å²) in [5.74, 6) is -1.16. The van der Waals surface area contributed by atoms with Crippen LogP contribution in [-0.4, -0.2) is 6.61 Å². The van der Waals surface area contributed by atoms with Gasteiger partial charge in [-0.1, -0.05) is 26.8 Å². The van der Waals surface area contributed by atoms with E-state index in [1.54, 1.807) is 6.07 Å². The fourth-order valence-electron chi connectivity index (χ4n) is 1.31. The molecule has 0 fully saturated rings. The molecule has 0 heterocycles. The molecule has 0 unspecified atom stereocenters. The molecular weight excluding hydrogens is 217 g/mol. The van der Waals surface area contributed by atoms with Crippen LogP contribution in [0.25, 0.3) is 0 Å². The third kappa shape index (κ3) is 2.90. The Balaban J connectivity index is 3.07. The maximum absolute atomic E-state index is 13.2. The maximum Gasteiger partial charge on any atom is 0.387 e. The highest BCUT2D eigenvalue weighted by molar-refractivity contribution is 5.34. The molecule has 0 amide bonds. The summed E-state index contributed by atoms with van der Waals surface area (Å²) in [7, 11) is 0. The van der Waals surface area contributed by atoms with Gasteiger partial charge in [0.1, 0.15) is 0 Å². The van der Waals surface area contributed by atoms with Crippen molar-refractivity contribution in [3.8, 4) is 5.75 Å². The lowest BCUT2D eigenvalue weighted by atomic mass is 9.82. The van der Waals surface area contributed by atoms with E-state index in [1.807, 2.05) is 20.8 Å². The monoisotopic (exact) mass is 232 g/mol. The second kappa shape index (κ2) is 4.76. The van der Waals surface area contributed by atoms with Gasteiger partial charge in [-0.15, -0.1) is 0 Å². The molecule has 0 spiro atoms. The Kier molecular flexibility index (Phi) is 3.83. The average Bonchev–Trinajstić information content (AvgIpc) is 2.20. The smallest absolute Gasteiger partial charge is 0.387 e. The van der Waals surface area contributed by atoms with Gasteiger partial charge in [0.2, 0.25) is 0 Å². The van der Waals surface area contributed by atoms with Crippen LogP contribution < -0.4 is 4.74 Å². The molecule has 1 nitrogen and oxygen atoms in total. The minimum Gasteiger partial charge on any atom is -0.432 e. The van der Waals surface area contributed by atoms with Crippen LogP contribution in [0.15, 0.2) is 18.2 Å². The number of halogens is 3. The topological polar surface area (TPSA) is 9.23 Å². The molecule has 0 atom stereocenters. The SMILES string of the molecule is CCC(C)(C)c1ccc(F)c(OC(F)F)c1. The molecule has 90 valence electrons. The first kappa shape index (κ1) is 12.9. The molecule has 1 rings (SSSR count). The maximum atomic E-state index is 13.2. The van der Waals surface area contributed by atoms with Crippen LogP contribution in [0.3, 0.4) is 0 Å². The van der Waals surface area contributed by atoms with Gasteiger partial charge in [-0.2, -0.15) is 8.78 Å². The van der Waals surface area contributed by atoms with Gasteiger partial charge in [0.15, 0.2) is 11.6 Å². The molecule has 0 aliphatic rings. The quantitative estimate of drug-likeness (QED) is 0.758. The zero-order chi connectivity index (χ0) is 12.3. The van der Waals surface area contributed by atoms with Crippen LogP contribution in [0.4, 0.5) is 13.2 Å². The Morgan fingerprint density at radius 3 is 2.44 bits per heavy atom. The van der Waals surface area contributed by atoms with Crippen LogP contribution in [-0.2, 0) is 5.41 Å². The molecule has 16 heavy (non-hydrogen) atoms. The van der Waals surface area contributed by atoms with Crippen molar-refractivity contribution in [3.05, 3.63) is 29.6 Å². The molecule has 1 aromatic rings. The van der Waals surface area contributed by atoms with E-state index in [0.29, 0.717) is 0 Å². The molecule has 0 bridgehead atoms. The minimum atomic E-state index is -3.01. The molecule has 4 heteroatoms. The third-order valence-corrected chi connectivity index (χ3v) is 2.81. The van der Waals surface area contributed by atoms with E-state index in [1.165, 1.54) is 6.07 Å². The van der Waals surface area contributed by atoms with Crippen LogP contribution in [0.2, 0.25) is 0 Å². The zero-order valence-electron chi connectivity index (χ0n) is 9.56. The number of benzene rings is 1. The van der Waals surface area contributed by atoms with Crippen LogP contribution in [0.5, 0.6) is 5.75 Å². The minimum absolute atomic E-state index is 0.187. The standard InChI is InChI=1S/C12H15F3O/c1-4-12(2,3)8-5-6-9(13)10(7-8)16-11(14)15/h5-7,11H,4H2,1-3H3. The Bertz CT molecular complexity index is 361. The summed E-state index contributed by atoms with van der Waals surface area (Å²) in [6.07, 6.45) is 0.826. The van der Waals surface area contributed by atoms with Gasteiger partial charge < -0.3 is 4.74 Å². The molecular formula is C12H15F3O. The normalized spacial score (nSPS) is 11.9. The van der Waals surface area contributed by atoms with E-state index in [4.69, 9.17) is 0 Å². The molecule has 0 N–H and O–H groups in total. The summed E-state index contributed by atoms with van der Waals surface area (Å²) in [6.45, 7) is 2.91. The van der Waals surface area contributed by atoms with Crippen molar-refractivity contribution < 1.29 is 17.9 Å². The van der Waals surface area contributed by atoms with Crippen LogP contribution in [0, 0.1) is 5.82 Å². The van der Waals surface area contributed by atoms with Gasteiger partial charge >= 0.3 is 6.61 Å². The van der Waals surface area contributed by atoms with Crippen molar-refractivity contribution in [2.75, 3.05) is 0 Å². The predicted molar refractivity (Wildman–Crippen MR) is 56.3 cm³/mol. The lowest BCUT2D eigenvalue weighted by Gasteiger charge is -2.23. The van der Waals surface area contributed by atoms with Gasteiger partial charge in [-0.05, 0) is 29.5 Å². The molecule has 0 radical (unpaired) electrons. The average molecular weight is 232 g/mol.